The lowest BCUT2D eigenvalue weighted by atomic mass is 10.1. The summed E-state index contributed by atoms with van der Waals surface area (Å²) in [6.07, 6.45) is 2.81. The molecule has 3 aromatic rings. The largest absolute Gasteiger partial charge is 0.331 e. The molecule has 142 valence electrons. The molecule has 0 saturated carbocycles. The van der Waals surface area contributed by atoms with Crippen LogP contribution in [0.1, 0.15) is 49.3 Å². The highest BCUT2D eigenvalue weighted by molar-refractivity contribution is 5.94. The molecule has 0 saturated heterocycles. The van der Waals surface area contributed by atoms with Gasteiger partial charge < -0.3 is 9.47 Å². The van der Waals surface area contributed by atoms with Crippen LogP contribution >= 0.6 is 0 Å². The van der Waals surface area contributed by atoms with E-state index >= 15 is 0 Å². The van der Waals surface area contributed by atoms with Crippen LogP contribution in [0, 0.1) is 5.82 Å². The predicted octanol–water partition coefficient (Wildman–Crippen LogP) is 5.03. The summed E-state index contributed by atoms with van der Waals surface area (Å²) in [5.74, 6) is 0.0848. The Morgan fingerprint density at radius 1 is 1.07 bits per heavy atom. The van der Waals surface area contributed by atoms with Crippen molar-refractivity contribution in [2.24, 2.45) is 0 Å². The van der Waals surface area contributed by atoms with Crippen molar-refractivity contribution in [3.63, 3.8) is 0 Å². The Bertz CT molecular complexity index is 919. The van der Waals surface area contributed by atoms with E-state index in [1.165, 1.54) is 6.07 Å². The number of aryl methyl sites for hydroxylation is 1. The summed E-state index contributed by atoms with van der Waals surface area (Å²) in [6, 6.07) is 14.2. The Balaban J connectivity index is 1.95. The minimum atomic E-state index is -0.481. The molecule has 0 atom stereocenters. The molecular formula is C22H26FN3O. The molecule has 0 aliphatic carbocycles. The Morgan fingerprint density at radius 2 is 1.81 bits per heavy atom. The fourth-order valence-corrected chi connectivity index (χ4v) is 3.30. The topological polar surface area (TPSA) is 38.1 Å². The van der Waals surface area contributed by atoms with Gasteiger partial charge in [-0.25, -0.2) is 9.37 Å². The first kappa shape index (κ1) is 19.1. The smallest absolute Gasteiger partial charge is 0.257 e. The second-order valence-electron chi connectivity index (χ2n) is 6.73. The molecule has 0 spiro atoms. The van der Waals surface area contributed by atoms with Crippen LogP contribution in [0.25, 0.3) is 11.0 Å². The van der Waals surface area contributed by atoms with Gasteiger partial charge in [-0.2, -0.15) is 0 Å². The summed E-state index contributed by atoms with van der Waals surface area (Å²) in [7, 11) is 0. The Labute approximate surface area is 159 Å². The summed E-state index contributed by atoms with van der Waals surface area (Å²) in [6.45, 7) is 6.00. The van der Waals surface area contributed by atoms with E-state index in [9.17, 15) is 9.18 Å². The van der Waals surface area contributed by atoms with Crippen LogP contribution in [-0.2, 0) is 13.1 Å². The molecule has 0 fully saturated rings. The number of hydrogen-bond donors (Lipinski definition) is 0. The van der Waals surface area contributed by atoms with Crippen molar-refractivity contribution in [3.05, 3.63) is 65.7 Å². The first-order valence-electron chi connectivity index (χ1n) is 9.63. The molecule has 0 aliphatic heterocycles. The molecule has 0 bridgehead atoms. The Kier molecular flexibility index (Phi) is 6.22. The lowest BCUT2D eigenvalue weighted by Crippen LogP contribution is -2.33. The fraction of sp³-hybridized carbons (Fsp3) is 0.364. The number of halogens is 1. The van der Waals surface area contributed by atoms with Gasteiger partial charge >= 0.3 is 0 Å². The fourth-order valence-electron chi connectivity index (χ4n) is 3.30. The number of fused-ring (bicyclic) bond motifs is 1. The van der Waals surface area contributed by atoms with Crippen LogP contribution in [-0.4, -0.2) is 26.9 Å². The number of amides is 1. The van der Waals surface area contributed by atoms with Crippen molar-refractivity contribution >= 4 is 16.9 Å². The van der Waals surface area contributed by atoms with E-state index in [2.05, 4.69) is 24.5 Å². The van der Waals surface area contributed by atoms with Crippen LogP contribution in [0.15, 0.2) is 48.5 Å². The number of imidazole rings is 1. The SMILES string of the molecule is CCCCN(Cc1nc2ccccc2n1CCC)C(=O)c1ccccc1F. The van der Waals surface area contributed by atoms with Gasteiger partial charge in [0.25, 0.3) is 5.91 Å². The number of benzene rings is 2. The highest BCUT2D eigenvalue weighted by Crippen LogP contribution is 2.20. The molecule has 0 N–H and O–H groups in total. The average molecular weight is 367 g/mol. The second-order valence-corrected chi connectivity index (χ2v) is 6.73. The third-order valence-corrected chi connectivity index (χ3v) is 4.69. The average Bonchev–Trinajstić information content (AvgIpc) is 3.02. The summed E-state index contributed by atoms with van der Waals surface area (Å²) < 4.78 is 16.3. The molecule has 3 rings (SSSR count). The number of unbranched alkanes of at least 4 members (excludes halogenated alkanes) is 1. The normalized spacial score (nSPS) is 11.1. The Morgan fingerprint density at radius 3 is 2.56 bits per heavy atom. The lowest BCUT2D eigenvalue weighted by molar-refractivity contribution is 0.0730. The van der Waals surface area contributed by atoms with E-state index in [4.69, 9.17) is 4.98 Å². The summed E-state index contributed by atoms with van der Waals surface area (Å²) in [5, 5.41) is 0. The molecule has 0 radical (unpaired) electrons. The van der Waals surface area contributed by atoms with Crippen LogP contribution < -0.4 is 0 Å². The Hall–Kier alpha value is -2.69. The van der Waals surface area contributed by atoms with Gasteiger partial charge in [0.05, 0.1) is 23.1 Å². The third-order valence-electron chi connectivity index (χ3n) is 4.69. The van der Waals surface area contributed by atoms with E-state index in [-0.39, 0.29) is 11.5 Å². The highest BCUT2D eigenvalue weighted by Gasteiger charge is 2.21. The summed E-state index contributed by atoms with van der Waals surface area (Å²) in [5.41, 5.74) is 2.12. The quantitative estimate of drug-likeness (QED) is 0.560. The maximum Gasteiger partial charge on any atom is 0.257 e. The van der Waals surface area contributed by atoms with Gasteiger partial charge in [0.15, 0.2) is 0 Å². The molecule has 4 nitrogen and oxygen atoms in total. The van der Waals surface area contributed by atoms with Gasteiger partial charge in [0.1, 0.15) is 11.6 Å². The van der Waals surface area contributed by atoms with E-state index in [1.54, 1.807) is 23.1 Å². The van der Waals surface area contributed by atoms with Gasteiger partial charge in [-0.05, 0) is 37.1 Å². The number of rotatable bonds is 8. The first-order chi connectivity index (χ1) is 13.2. The zero-order valence-electron chi connectivity index (χ0n) is 16.0. The predicted molar refractivity (Wildman–Crippen MR) is 106 cm³/mol. The minimum absolute atomic E-state index is 0.117. The van der Waals surface area contributed by atoms with Crippen LogP contribution in [0.2, 0.25) is 0 Å². The summed E-state index contributed by atoms with van der Waals surface area (Å²) in [4.78, 5) is 19.5. The monoisotopic (exact) mass is 367 g/mol. The number of nitrogens with zero attached hydrogens (tertiary/aromatic N) is 3. The van der Waals surface area contributed by atoms with Gasteiger partial charge in [-0.3, -0.25) is 4.79 Å². The molecule has 2 aromatic carbocycles. The summed E-state index contributed by atoms with van der Waals surface area (Å²) >= 11 is 0. The second kappa shape index (κ2) is 8.80. The standard InChI is InChI=1S/C22H26FN3O/c1-3-5-15-25(22(27)17-10-6-7-11-18(17)23)16-21-24-19-12-8-9-13-20(19)26(21)14-4-2/h6-13H,3-5,14-16H2,1-2H3. The van der Waals surface area contributed by atoms with Crippen molar-refractivity contribution in [2.75, 3.05) is 6.54 Å². The minimum Gasteiger partial charge on any atom is -0.331 e. The first-order valence-corrected chi connectivity index (χ1v) is 9.63. The van der Waals surface area contributed by atoms with Gasteiger partial charge in [-0.1, -0.05) is 44.5 Å². The lowest BCUT2D eigenvalue weighted by Gasteiger charge is -2.23. The van der Waals surface area contributed by atoms with Crippen molar-refractivity contribution < 1.29 is 9.18 Å². The molecular weight excluding hydrogens is 341 g/mol. The van der Waals surface area contributed by atoms with Gasteiger partial charge in [0, 0.05) is 13.1 Å². The van der Waals surface area contributed by atoms with Crippen LogP contribution in [0.4, 0.5) is 4.39 Å². The molecule has 1 aromatic heterocycles. The van der Waals surface area contributed by atoms with Crippen molar-refractivity contribution in [1.82, 2.24) is 14.5 Å². The number of carbonyl (C=O) groups is 1. The van der Waals surface area contributed by atoms with Crippen LogP contribution in [0.5, 0.6) is 0 Å². The third kappa shape index (κ3) is 4.18. The van der Waals surface area contributed by atoms with E-state index in [0.29, 0.717) is 13.1 Å². The number of carbonyl (C=O) groups excluding carboxylic acids is 1. The molecule has 27 heavy (non-hydrogen) atoms. The van der Waals surface area contributed by atoms with Crippen LogP contribution in [0.3, 0.4) is 0 Å². The molecule has 0 unspecified atom stereocenters. The molecule has 0 aliphatic rings. The molecule has 1 amide bonds. The number of hydrogen-bond acceptors (Lipinski definition) is 2. The van der Waals surface area contributed by atoms with Crippen molar-refractivity contribution in [1.29, 1.82) is 0 Å². The zero-order valence-corrected chi connectivity index (χ0v) is 16.0. The van der Waals surface area contributed by atoms with Crippen molar-refractivity contribution in [2.45, 2.75) is 46.2 Å². The van der Waals surface area contributed by atoms with E-state index < -0.39 is 5.82 Å². The van der Waals surface area contributed by atoms with Gasteiger partial charge in [-0.15, -0.1) is 0 Å². The maximum atomic E-state index is 14.2. The van der Waals surface area contributed by atoms with Gasteiger partial charge in [0.2, 0.25) is 0 Å². The van der Waals surface area contributed by atoms with E-state index in [1.807, 2.05) is 18.2 Å². The highest BCUT2D eigenvalue weighted by atomic mass is 19.1. The number of aromatic nitrogens is 2. The maximum absolute atomic E-state index is 14.2. The number of para-hydroxylation sites is 2. The molecule has 5 heteroatoms. The van der Waals surface area contributed by atoms with E-state index in [0.717, 1.165) is 42.7 Å². The zero-order chi connectivity index (χ0) is 19.2. The van der Waals surface area contributed by atoms with Crippen molar-refractivity contribution in [3.8, 4) is 0 Å². The molecule has 1 heterocycles.